The Balaban J connectivity index is 1.76. The Hall–Kier alpha value is -1.37. The Morgan fingerprint density at radius 2 is 2.17 bits per heavy atom. The number of ether oxygens (including phenoxy) is 2. The van der Waals surface area contributed by atoms with E-state index in [1.54, 1.807) is 6.07 Å². The molecule has 29 heavy (non-hydrogen) atoms. The highest BCUT2D eigenvalue weighted by atomic mass is 35.5. The van der Waals surface area contributed by atoms with E-state index < -0.39 is 0 Å². The second-order valence-corrected chi connectivity index (χ2v) is 8.35. The van der Waals surface area contributed by atoms with Crippen LogP contribution in [-0.2, 0) is 14.3 Å². The first-order valence-electron chi connectivity index (χ1n) is 10.6. The monoisotopic (exact) mass is 428 g/mol. The van der Waals surface area contributed by atoms with Crippen molar-refractivity contribution >= 4 is 23.3 Å². The second kappa shape index (κ2) is 12.4. The number of hydrogen-bond donors (Lipinski definition) is 0. The third-order valence-corrected chi connectivity index (χ3v) is 5.32. The average Bonchev–Trinajstić information content (AvgIpc) is 2.67. The molecule has 1 fully saturated rings. The molecule has 1 aliphatic heterocycles. The van der Waals surface area contributed by atoms with E-state index in [-0.39, 0.29) is 17.7 Å². The summed E-state index contributed by atoms with van der Waals surface area (Å²) in [5.74, 6) is 0.0101. The van der Waals surface area contributed by atoms with Gasteiger partial charge in [0, 0.05) is 26.2 Å². The van der Waals surface area contributed by atoms with Gasteiger partial charge in [0.25, 0.3) is 0 Å². The number of benzene rings is 1. The van der Waals surface area contributed by atoms with Gasteiger partial charge in [0.1, 0.15) is 5.82 Å². The Labute approximate surface area is 179 Å². The number of likely N-dealkylation sites (tertiary alicyclic amines) is 1. The van der Waals surface area contributed by atoms with Crippen LogP contribution in [-0.4, -0.2) is 63.4 Å². The minimum Gasteiger partial charge on any atom is -0.466 e. The van der Waals surface area contributed by atoms with Gasteiger partial charge >= 0.3 is 5.97 Å². The minimum atomic E-state index is -0.331. The van der Waals surface area contributed by atoms with Gasteiger partial charge in [-0.1, -0.05) is 25.4 Å². The molecule has 0 saturated carbocycles. The Morgan fingerprint density at radius 1 is 1.38 bits per heavy atom. The average molecular weight is 429 g/mol. The van der Waals surface area contributed by atoms with Crippen molar-refractivity contribution in [1.29, 1.82) is 0 Å². The van der Waals surface area contributed by atoms with Crippen LogP contribution in [0.5, 0.6) is 0 Å². The molecule has 0 aromatic heterocycles. The number of nitrogens with zero attached hydrogens (tertiary/aromatic N) is 2. The maximum atomic E-state index is 13.4. The summed E-state index contributed by atoms with van der Waals surface area (Å²) >= 11 is 6.24. The van der Waals surface area contributed by atoms with Gasteiger partial charge in [0.05, 0.1) is 36.4 Å². The van der Waals surface area contributed by atoms with E-state index >= 15 is 0 Å². The Kier molecular flexibility index (Phi) is 10.2. The molecule has 1 aliphatic rings. The molecule has 1 aromatic rings. The summed E-state index contributed by atoms with van der Waals surface area (Å²) < 4.78 is 24.4. The lowest BCUT2D eigenvalue weighted by molar-refractivity contribution is -0.150. The van der Waals surface area contributed by atoms with Gasteiger partial charge in [0.2, 0.25) is 0 Å². The fourth-order valence-electron chi connectivity index (χ4n) is 3.67. The third-order valence-electron chi connectivity index (χ3n) is 5.02. The molecule has 2 rings (SSSR count). The van der Waals surface area contributed by atoms with Crippen LogP contribution in [0.25, 0.3) is 0 Å². The zero-order chi connectivity index (χ0) is 21.2. The number of halogens is 2. The summed E-state index contributed by atoms with van der Waals surface area (Å²) in [6.07, 6.45) is 1.91. The van der Waals surface area contributed by atoms with Crippen LogP contribution in [0.3, 0.4) is 0 Å². The highest BCUT2D eigenvalue weighted by Crippen LogP contribution is 2.27. The highest BCUT2D eigenvalue weighted by Gasteiger charge is 2.26. The van der Waals surface area contributed by atoms with E-state index in [2.05, 4.69) is 23.6 Å². The van der Waals surface area contributed by atoms with Crippen LogP contribution < -0.4 is 4.90 Å². The molecule has 1 atom stereocenters. The van der Waals surface area contributed by atoms with Gasteiger partial charge in [-0.2, -0.15) is 0 Å². The lowest BCUT2D eigenvalue weighted by atomic mass is 9.98. The normalized spacial score (nSPS) is 17.5. The van der Waals surface area contributed by atoms with E-state index in [4.69, 9.17) is 21.1 Å². The molecule has 0 radical (unpaired) electrons. The number of anilines is 1. The molecule has 164 valence electrons. The van der Waals surface area contributed by atoms with E-state index in [0.717, 1.165) is 44.7 Å². The molecule has 1 saturated heterocycles. The number of rotatable bonds is 11. The molecular formula is C22H34ClFN2O3. The van der Waals surface area contributed by atoms with Crippen molar-refractivity contribution in [3.8, 4) is 0 Å². The van der Waals surface area contributed by atoms with Gasteiger partial charge in [-0.05, 0) is 50.4 Å². The largest absolute Gasteiger partial charge is 0.466 e. The number of esters is 1. The SMILES string of the molecule is CCOC(=O)[C@@H]1CCCN(CCOCCN(CC(C)C)c2ccc(F)cc2Cl)C1. The topological polar surface area (TPSA) is 42.0 Å². The van der Waals surface area contributed by atoms with E-state index in [1.165, 1.54) is 12.1 Å². The third kappa shape index (κ3) is 8.11. The van der Waals surface area contributed by atoms with E-state index in [0.29, 0.717) is 37.3 Å². The predicted octanol–water partition coefficient (Wildman–Crippen LogP) is 4.23. The zero-order valence-corrected chi connectivity index (χ0v) is 18.6. The minimum absolute atomic E-state index is 0.0224. The van der Waals surface area contributed by atoms with Crippen molar-refractivity contribution in [2.75, 3.05) is 57.4 Å². The Bertz CT molecular complexity index is 644. The smallest absolute Gasteiger partial charge is 0.310 e. The molecule has 0 unspecified atom stereocenters. The van der Waals surface area contributed by atoms with Crippen molar-refractivity contribution < 1.29 is 18.7 Å². The van der Waals surface area contributed by atoms with Gasteiger partial charge in [-0.15, -0.1) is 0 Å². The van der Waals surface area contributed by atoms with Crippen molar-refractivity contribution in [3.63, 3.8) is 0 Å². The quantitative estimate of drug-likeness (QED) is 0.389. The molecule has 0 bridgehead atoms. The standard InChI is InChI=1S/C22H34ClFN2O3/c1-4-29-22(27)18-6-5-9-25(16-18)10-12-28-13-11-26(15-17(2)3)21-8-7-19(24)14-20(21)23/h7-8,14,17-18H,4-6,9-13,15-16H2,1-3H3/t18-/m1/s1. The molecule has 1 aromatic carbocycles. The van der Waals surface area contributed by atoms with Crippen LogP contribution in [0, 0.1) is 17.7 Å². The fraction of sp³-hybridized carbons (Fsp3) is 0.682. The fourth-order valence-corrected chi connectivity index (χ4v) is 3.96. The summed E-state index contributed by atoms with van der Waals surface area (Å²) in [5.41, 5.74) is 0.832. The summed E-state index contributed by atoms with van der Waals surface area (Å²) in [6, 6.07) is 4.51. The molecule has 0 N–H and O–H groups in total. The number of carbonyl (C=O) groups excluding carboxylic acids is 1. The molecule has 0 spiro atoms. The summed E-state index contributed by atoms with van der Waals surface area (Å²) in [6.45, 7) is 11.8. The Morgan fingerprint density at radius 3 is 2.86 bits per heavy atom. The number of piperidine rings is 1. The summed E-state index contributed by atoms with van der Waals surface area (Å²) in [4.78, 5) is 16.4. The van der Waals surface area contributed by atoms with Crippen molar-refractivity contribution in [1.82, 2.24) is 4.90 Å². The van der Waals surface area contributed by atoms with Crippen LogP contribution in [0.1, 0.15) is 33.6 Å². The second-order valence-electron chi connectivity index (χ2n) is 7.94. The lowest BCUT2D eigenvalue weighted by Crippen LogP contribution is -2.41. The summed E-state index contributed by atoms with van der Waals surface area (Å²) in [7, 11) is 0. The maximum absolute atomic E-state index is 13.4. The number of hydrogen-bond acceptors (Lipinski definition) is 5. The molecular weight excluding hydrogens is 395 g/mol. The van der Waals surface area contributed by atoms with Crippen LogP contribution in [0.2, 0.25) is 5.02 Å². The van der Waals surface area contributed by atoms with Gasteiger partial charge in [-0.3, -0.25) is 4.79 Å². The van der Waals surface area contributed by atoms with Gasteiger partial charge in [-0.25, -0.2) is 4.39 Å². The molecule has 1 heterocycles. The molecule has 5 nitrogen and oxygen atoms in total. The highest BCUT2D eigenvalue weighted by molar-refractivity contribution is 6.33. The number of carbonyl (C=O) groups is 1. The molecule has 7 heteroatoms. The predicted molar refractivity (Wildman–Crippen MR) is 115 cm³/mol. The molecule has 0 aliphatic carbocycles. The van der Waals surface area contributed by atoms with Crippen molar-refractivity contribution in [3.05, 3.63) is 29.0 Å². The maximum Gasteiger partial charge on any atom is 0.310 e. The first kappa shape index (κ1) is 23.9. The lowest BCUT2D eigenvalue weighted by Gasteiger charge is -2.31. The van der Waals surface area contributed by atoms with Crippen LogP contribution >= 0.6 is 11.6 Å². The van der Waals surface area contributed by atoms with Crippen LogP contribution in [0.15, 0.2) is 18.2 Å². The van der Waals surface area contributed by atoms with E-state index in [9.17, 15) is 9.18 Å². The van der Waals surface area contributed by atoms with Crippen molar-refractivity contribution in [2.45, 2.75) is 33.6 Å². The van der Waals surface area contributed by atoms with Gasteiger partial charge < -0.3 is 19.3 Å². The van der Waals surface area contributed by atoms with Crippen LogP contribution in [0.4, 0.5) is 10.1 Å². The van der Waals surface area contributed by atoms with Crippen molar-refractivity contribution in [2.24, 2.45) is 11.8 Å². The van der Waals surface area contributed by atoms with E-state index in [1.807, 2.05) is 6.92 Å². The first-order chi connectivity index (χ1) is 13.9. The first-order valence-corrected chi connectivity index (χ1v) is 10.9. The zero-order valence-electron chi connectivity index (χ0n) is 17.8. The van der Waals surface area contributed by atoms with Gasteiger partial charge in [0.15, 0.2) is 0 Å². The molecule has 0 amide bonds. The summed E-state index contributed by atoms with van der Waals surface area (Å²) in [5, 5.41) is 0.420.